The van der Waals surface area contributed by atoms with E-state index in [-0.39, 0.29) is 17.0 Å². The van der Waals surface area contributed by atoms with Crippen molar-refractivity contribution in [3.63, 3.8) is 0 Å². The Hall–Kier alpha value is -0.800. The molecule has 0 saturated heterocycles. The van der Waals surface area contributed by atoms with Crippen molar-refractivity contribution in [2.75, 3.05) is 11.4 Å². The van der Waals surface area contributed by atoms with Gasteiger partial charge in [0, 0.05) is 12.2 Å². The Bertz CT molecular complexity index is 381. The van der Waals surface area contributed by atoms with E-state index < -0.39 is 0 Å². The van der Waals surface area contributed by atoms with E-state index in [0.29, 0.717) is 0 Å². The lowest BCUT2D eigenvalue weighted by Gasteiger charge is -2.26. The summed E-state index contributed by atoms with van der Waals surface area (Å²) in [6, 6.07) is 3.19. The molecule has 0 saturated carbocycles. The summed E-state index contributed by atoms with van der Waals surface area (Å²) in [5.41, 5.74) is 7.95. The maximum absolute atomic E-state index is 13.2. The monoisotopic (exact) mass is 228 g/mol. The topological polar surface area (TPSA) is 29.3 Å². The minimum absolute atomic E-state index is 0.00669. The van der Waals surface area contributed by atoms with Gasteiger partial charge in [0.25, 0.3) is 0 Å². The highest BCUT2D eigenvalue weighted by molar-refractivity contribution is 6.31. The molecule has 0 bridgehead atoms. The fourth-order valence-corrected chi connectivity index (χ4v) is 2.13. The van der Waals surface area contributed by atoms with Crippen LogP contribution < -0.4 is 10.6 Å². The fourth-order valence-electron chi connectivity index (χ4n) is 1.97. The average molecular weight is 229 g/mol. The van der Waals surface area contributed by atoms with Crippen LogP contribution in [-0.4, -0.2) is 12.7 Å². The van der Waals surface area contributed by atoms with E-state index in [1.165, 1.54) is 6.07 Å². The molecule has 0 aliphatic carbocycles. The minimum Gasteiger partial charge on any atom is -0.356 e. The number of hydrogen-bond acceptors (Lipinski definition) is 2. The summed E-state index contributed by atoms with van der Waals surface area (Å²) in [6.45, 7) is 2.89. The van der Waals surface area contributed by atoms with Crippen LogP contribution in [0, 0.1) is 5.82 Å². The van der Waals surface area contributed by atoms with E-state index >= 15 is 0 Å². The van der Waals surface area contributed by atoms with Gasteiger partial charge in [0.1, 0.15) is 5.82 Å². The molecule has 0 radical (unpaired) electrons. The third-order valence-electron chi connectivity index (χ3n) is 2.87. The second kappa shape index (κ2) is 3.99. The van der Waals surface area contributed by atoms with Crippen LogP contribution in [0.25, 0.3) is 0 Å². The molecule has 1 aromatic carbocycles. The molecule has 1 aliphatic rings. The van der Waals surface area contributed by atoms with Crippen molar-refractivity contribution in [2.24, 2.45) is 5.73 Å². The summed E-state index contributed by atoms with van der Waals surface area (Å²) in [6.07, 6.45) is 1.71. The third kappa shape index (κ3) is 1.82. The Morgan fingerprint density at radius 1 is 1.60 bits per heavy atom. The molecule has 0 amide bonds. The lowest BCUT2D eigenvalue weighted by molar-refractivity contribution is 0.609. The highest BCUT2D eigenvalue weighted by Gasteiger charge is 2.24. The summed E-state index contributed by atoms with van der Waals surface area (Å²) in [5.74, 6) is -0.345. The SMILES string of the molecule is CCC(N)N1CCc2cc(F)c(Cl)cc21. The standard InChI is InChI=1S/C11H14ClFN2/c1-2-11(14)15-4-3-7-5-9(13)8(12)6-10(7)15/h5-6,11H,2-4,14H2,1H3. The maximum Gasteiger partial charge on any atom is 0.142 e. The normalized spacial score (nSPS) is 16.7. The van der Waals surface area contributed by atoms with Gasteiger partial charge in [-0.2, -0.15) is 0 Å². The number of halogens is 2. The number of nitrogens with two attached hydrogens (primary N) is 1. The first-order chi connectivity index (χ1) is 7.13. The summed E-state index contributed by atoms with van der Waals surface area (Å²) >= 11 is 5.76. The Morgan fingerprint density at radius 3 is 3.00 bits per heavy atom. The zero-order valence-corrected chi connectivity index (χ0v) is 9.39. The molecule has 0 aromatic heterocycles. The van der Waals surface area contributed by atoms with Crippen molar-refractivity contribution >= 4 is 17.3 Å². The number of nitrogens with zero attached hydrogens (tertiary/aromatic N) is 1. The van der Waals surface area contributed by atoms with E-state index in [0.717, 1.165) is 30.6 Å². The zero-order valence-electron chi connectivity index (χ0n) is 8.63. The van der Waals surface area contributed by atoms with Crippen molar-refractivity contribution in [3.05, 3.63) is 28.5 Å². The molecule has 1 aromatic rings. The van der Waals surface area contributed by atoms with Crippen LogP contribution in [0.2, 0.25) is 5.02 Å². The third-order valence-corrected chi connectivity index (χ3v) is 3.16. The predicted octanol–water partition coefficient (Wildman–Crippen LogP) is 2.54. The summed E-state index contributed by atoms with van der Waals surface area (Å²) in [7, 11) is 0. The van der Waals surface area contributed by atoms with Gasteiger partial charge in [-0.3, -0.25) is 0 Å². The van der Waals surface area contributed by atoms with E-state index in [1.54, 1.807) is 6.07 Å². The van der Waals surface area contributed by atoms with E-state index in [1.807, 2.05) is 6.92 Å². The van der Waals surface area contributed by atoms with Gasteiger partial charge < -0.3 is 10.6 Å². The van der Waals surface area contributed by atoms with Crippen LogP contribution >= 0.6 is 11.6 Å². The lowest BCUT2D eigenvalue weighted by atomic mass is 10.1. The fraction of sp³-hybridized carbons (Fsp3) is 0.455. The number of anilines is 1. The molecule has 1 heterocycles. The van der Waals surface area contributed by atoms with Crippen LogP contribution in [0.15, 0.2) is 12.1 Å². The molecule has 1 unspecified atom stereocenters. The molecular weight excluding hydrogens is 215 g/mol. The van der Waals surface area contributed by atoms with Gasteiger partial charge >= 0.3 is 0 Å². The van der Waals surface area contributed by atoms with Crippen LogP contribution in [0.1, 0.15) is 18.9 Å². The minimum atomic E-state index is -0.345. The second-order valence-electron chi connectivity index (χ2n) is 3.81. The molecule has 2 N–H and O–H groups in total. The first kappa shape index (κ1) is 10.7. The highest BCUT2D eigenvalue weighted by atomic mass is 35.5. The predicted molar refractivity (Wildman–Crippen MR) is 60.7 cm³/mol. The molecular formula is C11H14ClFN2. The molecule has 0 spiro atoms. The molecule has 1 atom stereocenters. The van der Waals surface area contributed by atoms with E-state index in [4.69, 9.17) is 17.3 Å². The van der Waals surface area contributed by atoms with E-state index in [9.17, 15) is 4.39 Å². The van der Waals surface area contributed by atoms with Crippen molar-refractivity contribution in [3.8, 4) is 0 Å². The summed E-state index contributed by atoms with van der Waals surface area (Å²) < 4.78 is 13.2. The number of benzene rings is 1. The first-order valence-electron chi connectivity index (χ1n) is 5.13. The molecule has 15 heavy (non-hydrogen) atoms. The van der Waals surface area contributed by atoms with E-state index in [2.05, 4.69) is 4.90 Å². The molecule has 4 heteroatoms. The van der Waals surface area contributed by atoms with Crippen molar-refractivity contribution < 1.29 is 4.39 Å². The first-order valence-corrected chi connectivity index (χ1v) is 5.51. The van der Waals surface area contributed by atoms with Gasteiger partial charge in [-0.1, -0.05) is 18.5 Å². The summed E-state index contributed by atoms with van der Waals surface area (Å²) in [4.78, 5) is 2.08. The van der Waals surface area contributed by atoms with Crippen LogP contribution in [-0.2, 0) is 6.42 Å². The number of rotatable bonds is 2. The van der Waals surface area contributed by atoms with Gasteiger partial charge in [0.2, 0.25) is 0 Å². The Kier molecular flexibility index (Phi) is 2.85. The number of fused-ring (bicyclic) bond motifs is 1. The largest absolute Gasteiger partial charge is 0.356 e. The van der Waals surface area contributed by atoms with Crippen molar-refractivity contribution in [1.29, 1.82) is 0 Å². The van der Waals surface area contributed by atoms with Gasteiger partial charge in [-0.15, -0.1) is 0 Å². The maximum atomic E-state index is 13.2. The lowest BCUT2D eigenvalue weighted by Crippen LogP contribution is -2.40. The van der Waals surface area contributed by atoms with Crippen LogP contribution in [0.4, 0.5) is 10.1 Å². The highest BCUT2D eigenvalue weighted by Crippen LogP contribution is 2.33. The van der Waals surface area contributed by atoms with Gasteiger partial charge in [-0.25, -0.2) is 4.39 Å². The average Bonchev–Trinajstić information content (AvgIpc) is 2.61. The second-order valence-corrected chi connectivity index (χ2v) is 4.22. The van der Waals surface area contributed by atoms with Crippen LogP contribution in [0.3, 0.4) is 0 Å². The van der Waals surface area contributed by atoms with Gasteiger partial charge in [-0.05, 0) is 30.5 Å². The Balaban J connectivity index is 2.38. The summed E-state index contributed by atoms with van der Waals surface area (Å²) in [5, 5.41) is 0.170. The van der Waals surface area contributed by atoms with Crippen LogP contribution in [0.5, 0.6) is 0 Å². The molecule has 2 nitrogen and oxygen atoms in total. The van der Waals surface area contributed by atoms with Gasteiger partial charge in [0.05, 0.1) is 11.2 Å². The quantitative estimate of drug-likeness (QED) is 0.843. The van der Waals surface area contributed by atoms with Crippen molar-refractivity contribution in [2.45, 2.75) is 25.9 Å². The molecule has 2 rings (SSSR count). The molecule has 0 fully saturated rings. The molecule has 1 aliphatic heterocycles. The van der Waals surface area contributed by atoms with Crippen molar-refractivity contribution in [1.82, 2.24) is 0 Å². The number of hydrogen-bond donors (Lipinski definition) is 1. The van der Waals surface area contributed by atoms with Gasteiger partial charge in [0.15, 0.2) is 0 Å². The Labute approximate surface area is 93.8 Å². The zero-order chi connectivity index (χ0) is 11.0. The Morgan fingerprint density at radius 2 is 2.33 bits per heavy atom. The molecule has 82 valence electrons. The smallest absolute Gasteiger partial charge is 0.142 e.